The van der Waals surface area contributed by atoms with Crippen molar-refractivity contribution in [2.45, 2.75) is 64.1 Å². The fourth-order valence-electron chi connectivity index (χ4n) is 8.09. The van der Waals surface area contributed by atoms with Crippen LogP contribution in [0.25, 0.3) is 0 Å². The van der Waals surface area contributed by atoms with E-state index in [1.54, 1.807) is 5.57 Å². The lowest BCUT2D eigenvalue weighted by Crippen LogP contribution is -2.46. The first-order chi connectivity index (χ1) is 17.9. The molecule has 2 saturated heterocycles. The Morgan fingerprint density at radius 3 is 2.24 bits per heavy atom. The van der Waals surface area contributed by atoms with E-state index >= 15 is 0 Å². The van der Waals surface area contributed by atoms with Crippen molar-refractivity contribution in [3.63, 3.8) is 0 Å². The van der Waals surface area contributed by atoms with Crippen LogP contribution in [-0.2, 0) is 15.1 Å². The quantitative estimate of drug-likeness (QED) is 0.408. The number of aliphatic hydroxyl groups is 1. The Morgan fingerprint density at radius 1 is 1.00 bits per heavy atom. The van der Waals surface area contributed by atoms with Crippen LogP contribution in [0, 0.1) is 29.1 Å². The number of hydrogen-bond acceptors (Lipinski definition) is 4. The van der Waals surface area contributed by atoms with Crippen LogP contribution in [-0.4, -0.2) is 41.7 Å². The van der Waals surface area contributed by atoms with Crippen LogP contribution >= 0.6 is 0 Å². The van der Waals surface area contributed by atoms with Gasteiger partial charge in [-0.2, -0.15) is 0 Å². The molecule has 4 nitrogen and oxygen atoms in total. The molecule has 0 bridgehead atoms. The zero-order valence-electron chi connectivity index (χ0n) is 22.3. The number of rotatable bonds is 5. The second-order valence-corrected chi connectivity index (χ2v) is 12.4. The fourth-order valence-corrected chi connectivity index (χ4v) is 8.09. The molecule has 1 N–H and O–H groups in total. The SMILES string of the molecule is C[C@H]1CCC[C@]2(C)C[C@H]3OC(=O)C(CN4CCC(C(O)(c5ccccc5)c5ccccc5)CC4)[C@H]3C=C12. The van der Waals surface area contributed by atoms with Crippen molar-refractivity contribution in [1.82, 2.24) is 4.90 Å². The van der Waals surface area contributed by atoms with Gasteiger partial charge >= 0.3 is 5.97 Å². The first kappa shape index (κ1) is 24.9. The zero-order chi connectivity index (χ0) is 25.6. The van der Waals surface area contributed by atoms with Crippen molar-refractivity contribution in [2.24, 2.45) is 29.1 Å². The molecule has 3 fully saturated rings. The van der Waals surface area contributed by atoms with Gasteiger partial charge in [0.2, 0.25) is 0 Å². The van der Waals surface area contributed by atoms with Crippen LogP contribution in [0.15, 0.2) is 72.3 Å². The minimum atomic E-state index is -1.01. The van der Waals surface area contributed by atoms with Crippen LogP contribution < -0.4 is 0 Å². The maximum Gasteiger partial charge on any atom is 0.311 e. The predicted octanol–water partition coefficient (Wildman–Crippen LogP) is 5.95. The first-order valence-electron chi connectivity index (χ1n) is 14.4. The van der Waals surface area contributed by atoms with Gasteiger partial charge < -0.3 is 14.7 Å². The smallest absolute Gasteiger partial charge is 0.311 e. The molecule has 2 heterocycles. The summed E-state index contributed by atoms with van der Waals surface area (Å²) in [6.07, 6.45) is 9.03. The van der Waals surface area contributed by atoms with Gasteiger partial charge in [-0.1, -0.05) is 92.6 Å². The molecule has 2 aromatic rings. The molecule has 0 radical (unpaired) electrons. The number of esters is 1. The van der Waals surface area contributed by atoms with Gasteiger partial charge in [-0.25, -0.2) is 0 Å². The Morgan fingerprint density at radius 2 is 1.62 bits per heavy atom. The number of allylic oxidation sites excluding steroid dienone is 1. The van der Waals surface area contributed by atoms with Crippen LogP contribution in [0.3, 0.4) is 0 Å². The van der Waals surface area contributed by atoms with E-state index in [0.717, 1.165) is 50.0 Å². The summed E-state index contributed by atoms with van der Waals surface area (Å²) in [6, 6.07) is 20.2. The molecule has 4 heteroatoms. The highest BCUT2D eigenvalue weighted by Gasteiger charge is 2.52. The molecule has 5 atom stereocenters. The second kappa shape index (κ2) is 9.71. The van der Waals surface area contributed by atoms with Gasteiger partial charge in [-0.05, 0) is 73.6 Å². The molecular formula is C33H41NO3. The van der Waals surface area contributed by atoms with E-state index < -0.39 is 5.60 Å². The molecule has 0 amide bonds. The summed E-state index contributed by atoms with van der Waals surface area (Å²) in [5.74, 6) is 0.862. The molecule has 0 spiro atoms. The molecule has 2 aromatic carbocycles. The number of carbonyl (C=O) groups excluding carboxylic acids is 1. The lowest BCUT2D eigenvalue weighted by atomic mass is 9.59. The van der Waals surface area contributed by atoms with Crippen LogP contribution in [0.1, 0.15) is 63.5 Å². The molecule has 2 aliphatic carbocycles. The minimum Gasteiger partial charge on any atom is -0.461 e. The summed E-state index contributed by atoms with van der Waals surface area (Å²) < 4.78 is 6.01. The van der Waals surface area contributed by atoms with E-state index in [1.165, 1.54) is 19.3 Å². The number of likely N-dealkylation sites (tertiary alicyclic amines) is 1. The number of ether oxygens (including phenoxy) is 1. The van der Waals surface area contributed by atoms with Crippen molar-refractivity contribution in [2.75, 3.05) is 19.6 Å². The van der Waals surface area contributed by atoms with Gasteiger partial charge in [0, 0.05) is 12.5 Å². The van der Waals surface area contributed by atoms with Crippen molar-refractivity contribution in [3.05, 3.63) is 83.4 Å². The normalized spacial score (nSPS) is 32.8. The topological polar surface area (TPSA) is 49.8 Å². The first-order valence-corrected chi connectivity index (χ1v) is 14.4. The van der Waals surface area contributed by atoms with Crippen LogP contribution in [0.5, 0.6) is 0 Å². The van der Waals surface area contributed by atoms with Crippen molar-refractivity contribution in [3.8, 4) is 0 Å². The molecule has 1 saturated carbocycles. The molecule has 6 rings (SSSR count). The van der Waals surface area contributed by atoms with E-state index in [2.05, 4.69) is 24.8 Å². The highest BCUT2D eigenvalue weighted by Crippen LogP contribution is 2.54. The Bertz CT molecular complexity index is 1100. The number of hydrogen-bond donors (Lipinski definition) is 1. The van der Waals surface area contributed by atoms with Crippen LogP contribution in [0.2, 0.25) is 0 Å². The molecule has 1 unspecified atom stereocenters. The van der Waals surface area contributed by atoms with Gasteiger partial charge in [-0.3, -0.25) is 4.79 Å². The molecule has 37 heavy (non-hydrogen) atoms. The zero-order valence-corrected chi connectivity index (χ0v) is 22.3. The van der Waals surface area contributed by atoms with E-state index in [0.29, 0.717) is 5.92 Å². The summed E-state index contributed by atoms with van der Waals surface area (Å²) in [4.78, 5) is 15.5. The van der Waals surface area contributed by atoms with E-state index in [4.69, 9.17) is 4.74 Å². The molecule has 196 valence electrons. The molecular weight excluding hydrogens is 458 g/mol. The fraction of sp³-hybridized carbons (Fsp3) is 0.545. The third-order valence-corrected chi connectivity index (χ3v) is 10.1. The van der Waals surface area contributed by atoms with Gasteiger partial charge in [0.05, 0.1) is 5.92 Å². The van der Waals surface area contributed by atoms with Gasteiger partial charge in [-0.15, -0.1) is 0 Å². The highest BCUT2D eigenvalue weighted by molar-refractivity contribution is 5.76. The van der Waals surface area contributed by atoms with Crippen LogP contribution in [0.4, 0.5) is 0 Å². The summed E-state index contributed by atoms with van der Waals surface area (Å²) in [5.41, 5.74) is 2.69. The molecule has 0 aromatic heterocycles. The minimum absolute atomic E-state index is 0.00560. The standard InChI is InChI=1S/C33H41NO3/c1-23-10-9-17-32(2)21-30-27(20-29(23)32)28(31(35)37-30)22-34-18-15-26(16-19-34)33(36,24-11-5-3-6-12-24)25-13-7-4-8-14-25/h3-8,11-14,20,23,26-28,30,36H,9-10,15-19,21-22H2,1-2H3/t23-,27+,28?,30+,32+/m0/s1. The monoisotopic (exact) mass is 499 g/mol. The largest absolute Gasteiger partial charge is 0.461 e. The lowest BCUT2D eigenvalue weighted by Gasteiger charge is -2.46. The van der Waals surface area contributed by atoms with Crippen molar-refractivity contribution in [1.29, 1.82) is 0 Å². The number of piperidine rings is 1. The third kappa shape index (κ3) is 4.36. The maximum absolute atomic E-state index is 13.1. The van der Waals surface area contributed by atoms with Crippen molar-refractivity contribution < 1.29 is 14.6 Å². The number of nitrogens with zero attached hydrogens (tertiary/aromatic N) is 1. The van der Waals surface area contributed by atoms with Gasteiger partial charge in [0.15, 0.2) is 0 Å². The summed E-state index contributed by atoms with van der Waals surface area (Å²) in [7, 11) is 0. The third-order valence-electron chi connectivity index (χ3n) is 10.1. The summed E-state index contributed by atoms with van der Waals surface area (Å²) in [6.45, 7) is 7.28. The van der Waals surface area contributed by atoms with E-state index in [1.807, 2.05) is 60.7 Å². The van der Waals surface area contributed by atoms with E-state index in [-0.39, 0.29) is 35.2 Å². The van der Waals surface area contributed by atoms with Crippen molar-refractivity contribution >= 4 is 5.97 Å². The number of benzene rings is 2. The average molecular weight is 500 g/mol. The van der Waals surface area contributed by atoms with Gasteiger partial charge in [0.25, 0.3) is 0 Å². The Hall–Kier alpha value is -2.43. The van der Waals surface area contributed by atoms with E-state index in [9.17, 15) is 9.90 Å². The summed E-state index contributed by atoms with van der Waals surface area (Å²) in [5, 5.41) is 12.2. The number of carbonyl (C=O) groups is 1. The highest BCUT2D eigenvalue weighted by atomic mass is 16.6. The Labute approximate surface area is 221 Å². The predicted molar refractivity (Wildman–Crippen MR) is 146 cm³/mol. The van der Waals surface area contributed by atoms with Gasteiger partial charge in [0.1, 0.15) is 11.7 Å². The Kier molecular flexibility index (Phi) is 6.53. The summed E-state index contributed by atoms with van der Waals surface area (Å²) >= 11 is 0. The number of fused-ring (bicyclic) bond motifs is 2. The molecule has 2 aliphatic heterocycles. The lowest BCUT2D eigenvalue weighted by molar-refractivity contribution is -0.145. The second-order valence-electron chi connectivity index (χ2n) is 12.4. The maximum atomic E-state index is 13.1. The Balaban J connectivity index is 1.18. The molecule has 4 aliphatic rings. The average Bonchev–Trinajstić information content (AvgIpc) is 3.21.